The van der Waals surface area contributed by atoms with Gasteiger partial charge in [-0.2, -0.15) is 18.2 Å². The van der Waals surface area contributed by atoms with Crippen molar-refractivity contribution < 1.29 is 32.2 Å². The van der Waals surface area contributed by atoms with Crippen LogP contribution in [0.15, 0.2) is 23.1 Å². The van der Waals surface area contributed by atoms with E-state index >= 15 is 0 Å². The highest BCUT2D eigenvalue weighted by Crippen LogP contribution is 2.39. The van der Waals surface area contributed by atoms with E-state index in [4.69, 9.17) is 14.2 Å². The maximum absolute atomic E-state index is 13.6. The standard InChI is InChI=1S/C22H22F3N5O5S/c1-3-33-19(32)15-10-30(28-27-15)16-9-13(22(23,24)25)8-14-17(16)36-20(26-18(14)31)29-6-4-21(5-7-29)34-11-12(2)35-21/h8-10,12H,3-7,11H2,1-2H3/t12-/m0/s1. The smallest absolute Gasteiger partial charge is 0.416 e. The van der Waals surface area contributed by atoms with Gasteiger partial charge in [-0.05, 0) is 26.0 Å². The van der Waals surface area contributed by atoms with Crippen LogP contribution in [-0.2, 0) is 20.4 Å². The predicted molar refractivity (Wildman–Crippen MR) is 122 cm³/mol. The van der Waals surface area contributed by atoms with E-state index in [1.165, 1.54) is 6.20 Å². The summed E-state index contributed by atoms with van der Waals surface area (Å²) in [5.41, 5.74) is -2.05. The summed E-state index contributed by atoms with van der Waals surface area (Å²) < 4.78 is 58.9. The van der Waals surface area contributed by atoms with Crippen molar-refractivity contribution in [2.75, 3.05) is 31.2 Å². The average Bonchev–Trinajstić information content (AvgIpc) is 3.46. The molecule has 0 unspecified atom stereocenters. The first-order valence-corrected chi connectivity index (χ1v) is 12.1. The summed E-state index contributed by atoms with van der Waals surface area (Å²) in [4.78, 5) is 30.9. The Morgan fingerprint density at radius 1 is 1.31 bits per heavy atom. The highest BCUT2D eigenvalue weighted by molar-refractivity contribution is 7.22. The number of ether oxygens (including phenoxy) is 3. The van der Waals surface area contributed by atoms with Gasteiger partial charge in [-0.3, -0.25) is 4.79 Å². The fourth-order valence-corrected chi connectivity index (χ4v) is 5.43. The normalized spacial score (nSPS) is 19.8. The molecular weight excluding hydrogens is 503 g/mol. The van der Waals surface area contributed by atoms with Crippen LogP contribution in [0, 0.1) is 0 Å². The second-order valence-electron chi connectivity index (χ2n) is 8.58. The molecule has 0 radical (unpaired) electrons. The molecule has 2 aliphatic heterocycles. The Balaban J connectivity index is 1.56. The third-order valence-corrected chi connectivity index (χ3v) is 7.20. The summed E-state index contributed by atoms with van der Waals surface area (Å²) in [5.74, 6) is -1.42. The minimum Gasteiger partial charge on any atom is -0.461 e. The maximum Gasteiger partial charge on any atom is 0.416 e. The second-order valence-corrected chi connectivity index (χ2v) is 9.55. The Kier molecular flexibility index (Phi) is 6.21. The van der Waals surface area contributed by atoms with E-state index < -0.39 is 29.1 Å². The van der Waals surface area contributed by atoms with Crippen LogP contribution in [0.1, 0.15) is 42.7 Å². The van der Waals surface area contributed by atoms with Crippen LogP contribution in [-0.4, -0.2) is 64.1 Å². The lowest BCUT2D eigenvalue weighted by atomic mass is 10.0. The number of nitrogens with zero attached hydrogens (tertiary/aromatic N) is 5. The first-order valence-electron chi connectivity index (χ1n) is 11.3. The number of piperidine rings is 1. The van der Waals surface area contributed by atoms with Crippen molar-refractivity contribution >= 4 is 32.5 Å². The molecule has 5 rings (SSSR count). The minimum atomic E-state index is -4.72. The SMILES string of the molecule is CCOC(=O)c1cn(-c2cc(C(F)(F)F)cc3c(=O)nc(N4CCC5(CC4)OC[C@H](C)O5)sc23)nn1. The van der Waals surface area contributed by atoms with Crippen molar-refractivity contribution in [1.29, 1.82) is 0 Å². The van der Waals surface area contributed by atoms with E-state index in [1.54, 1.807) is 6.92 Å². The summed E-state index contributed by atoms with van der Waals surface area (Å²) in [7, 11) is 0. The van der Waals surface area contributed by atoms with E-state index in [0.717, 1.165) is 28.2 Å². The van der Waals surface area contributed by atoms with Gasteiger partial charge in [0.2, 0.25) is 0 Å². The van der Waals surface area contributed by atoms with Gasteiger partial charge in [-0.1, -0.05) is 16.6 Å². The van der Waals surface area contributed by atoms with Crippen LogP contribution in [0.4, 0.5) is 18.3 Å². The molecule has 2 aliphatic rings. The number of benzene rings is 1. The van der Waals surface area contributed by atoms with Crippen molar-refractivity contribution in [2.45, 2.75) is 44.8 Å². The highest BCUT2D eigenvalue weighted by Gasteiger charge is 2.43. The molecule has 1 spiro atoms. The van der Waals surface area contributed by atoms with Crippen molar-refractivity contribution in [2.24, 2.45) is 0 Å². The van der Waals surface area contributed by atoms with Gasteiger partial charge >= 0.3 is 12.1 Å². The molecule has 14 heteroatoms. The molecule has 0 amide bonds. The Morgan fingerprint density at radius 2 is 2.06 bits per heavy atom. The van der Waals surface area contributed by atoms with Gasteiger partial charge in [-0.25, -0.2) is 9.48 Å². The molecule has 1 aromatic carbocycles. The Bertz CT molecular complexity index is 1370. The van der Waals surface area contributed by atoms with Gasteiger partial charge in [0.15, 0.2) is 16.6 Å². The molecule has 36 heavy (non-hydrogen) atoms. The number of hydrogen-bond donors (Lipinski definition) is 0. The number of carbonyl (C=O) groups is 1. The largest absolute Gasteiger partial charge is 0.461 e. The van der Waals surface area contributed by atoms with Crippen LogP contribution in [0.5, 0.6) is 0 Å². The van der Waals surface area contributed by atoms with Crippen LogP contribution in [0.3, 0.4) is 0 Å². The number of anilines is 1. The van der Waals surface area contributed by atoms with E-state index in [-0.39, 0.29) is 34.2 Å². The zero-order valence-electron chi connectivity index (χ0n) is 19.4. The third kappa shape index (κ3) is 4.55. The molecule has 2 saturated heterocycles. The van der Waals surface area contributed by atoms with Crippen molar-refractivity contribution in [1.82, 2.24) is 20.0 Å². The molecule has 1 atom stereocenters. The van der Waals surface area contributed by atoms with Crippen LogP contribution >= 0.6 is 11.3 Å². The zero-order valence-corrected chi connectivity index (χ0v) is 20.2. The molecule has 0 saturated carbocycles. The van der Waals surface area contributed by atoms with Crippen LogP contribution < -0.4 is 10.5 Å². The fourth-order valence-electron chi connectivity index (χ4n) is 4.29. The summed E-state index contributed by atoms with van der Waals surface area (Å²) in [6.07, 6.45) is -2.43. The monoisotopic (exact) mass is 525 g/mol. The third-order valence-electron chi connectivity index (χ3n) is 6.04. The van der Waals surface area contributed by atoms with Crippen LogP contribution in [0.2, 0.25) is 0 Å². The molecule has 192 valence electrons. The molecular formula is C22H22F3N5O5S. The average molecular weight is 526 g/mol. The number of hydrogen-bond acceptors (Lipinski definition) is 10. The lowest BCUT2D eigenvalue weighted by Gasteiger charge is -2.38. The molecule has 0 bridgehead atoms. The Labute approximate surface area is 206 Å². The molecule has 2 aromatic heterocycles. The lowest BCUT2D eigenvalue weighted by Crippen LogP contribution is -2.45. The summed E-state index contributed by atoms with van der Waals surface area (Å²) in [6.45, 7) is 5.15. The molecule has 2 fully saturated rings. The van der Waals surface area contributed by atoms with E-state index in [9.17, 15) is 22.8 Å². The zero-order chi connectivity index (χ0) is 25.7. The number of halogens is 3. The summed E-state index contributed by atoms with van der Waals surface area (Å²) in [5, 5.41) is 7.71. The highest BCUT2D eigenvalue weighted by atomic mass is 32.1. The fraction of sp³-hybridized carbons (Fsp3) is 0.500. The number of rotatable bonds is 4. The molecule has 0 N–H and O–H groups in total. The Hall–Kier alpha value is -3.10. The number of fused-ring (bicyclic) bond motifs is 1. The lowest BCUT2D eigenvalue weighted by molar-refractivity contribution is -0.178. The van der Waals surface area contributed by atoms with Gasteiger partial charge in [0, 0.05) is 25.9 Å². The van der Waals surface area contributed by atoms with Gasteiger partial charge in [0.1, 0.15) is 0 Å². The van der Waals surface area contributed by atoms with Gasteiger partial charge in [0.05, 0.1) is 46.9 Å². The van der Waals surface area contributed by atoms with Crippen molar-refractivity contribution in [3.8, 4) is 5.69 Å². The number of esters is 1. The quantitative estimate of drug-likeness (QED) is 0.475. The van der Waals surface area contributed by atoms with Crippen molar-refractivity contribution in [3.05, 3.63) is 39.9 Å². The number of carbonyl (C=O) groups excluding carboxylic acids is 1. The number of alkyl halides is 3. The van der Waals surface area contributed by atoms with E-state index in [1.807, 2.05) is 11.8 Å². The maximum atomic E-state index is 13.6. The van der Waals surface area contributed by atoms with Gasteiger partial charge < -0.3 is 19.1 Å². The Morgan fingerprint density at radius 3 is 2.69 bits per heavy atom. The first kappa shape index (κ1) is 24.6. The summed E-state index contributed by atoms with van der Waals surface area (Å²) in [6, 6.07) is 1.66. The van der Waals surface area contributed by atoms with Gasteiger partial charge in [-0.15, -0.1) is 5.10 Å². The first-order chi connectivity index (χ1) is 17.1. The second kappa shape index (κ2) is 9.09. The van der Waals surface area contributed by atoms with Crippen LogP contribution in [0.25, 0.3) is 15.8 Å². The summed E-state index contributed by atoms with van der Waals surface area (Å²) >= 11 is 1.07. The predicted octanol–water partition coefficient (Wildman–Crippen LogP) is 3.16. The minimum absolute atomic E-state index is 0.000957. The molecule has 3 aromatic rings. The topological polar surface area (TPSA) is 109 Å². The molecule has 10 nitrogen and oxygen atoms in total. The van der Waals surface area contributed by atoms with Gasteiger partial charge in [0.25, 0.3) is 5.56 Å². The number of aromatic nitrogens is 4. The van der Waals surface area contributed by atoms with E-state index in [2.05, 4.69) is 15.3 Å². The van der Waals surface area contributed by atoms with E-state index in [0.29, 0.717) is 37.7 Å². The van der Waals surface area contributed by atoms with Crippen molar-refractivity contribution in [3.63, 3.8) is 0 Å². The molecule has 0 aliphatic carbocycles. The molecule has 4 heterocycles.